The summed E-state index contributed by atoms with van der Waals surface area (Å²) in [7, 11) is 0. The third kappa shape index (κ3) is 4.02. The quantitative estimate of drug-likeness (QED) is 0.540. The Morgan fingerprint density at radius 3 is 2.19 bits per heavy atom. The van der Waals surface area contributed by atoms with Gasteiger partial charge in [0.1, 0.15) is 11.7 Å². The maximum absolute atomic E-state index is 12.5. The molecule has 1 aliphatic rings. The van der Waals surface area contributed by atoms with Gasteiger partial charge in [-0.05, 0) is 18.1 Å². The molecule has 2 aromatic carbocycles. The minimum Gasteiger partial charge on any atom is -0.376 e. The van der Waals surface area contributed by atoms with Gasteiger partial charge in [-0.3, -0.25) is 9.59 Å². The molecule has 0 aliphatic carbocycles. The molecule has 0 spiro atoms. The van der Waals surface area contributed by atoms with Crippen LogP contribution in [0.5, 0.6) is 0 Å². The number of hydrogen-bond donors (Lipinski definition) is 0. The lowest BCUT2D eigenvalue weighted by Gasteiger charge is -2.49. The monoisotopic (exact) mass is 351 g/mol. The number of hydrogen-bond acceptors (Lipinski definition) is 3. The highest BCUT2D eigenvalue weighted by molar-refractivity contribution is 6.05. The molecule has 26 heavy (non-hydrogen) atoms. The van der Waals surface area contributed by atoms with Crippen LogP contribution in [0.1, 0.15) is 25.0 Å². The standard InChI is InChI=1S/C22H25NO3/c1-16(14-26-15-19-11-7-4-8-12-19)21-20(17(2)24)22(25)23(21)13-18-9-5-3-6-10-18/h3-12,16,20-21H,13-15H2,1-2H3/t16?,20-,21-/m1/s1. The van der Waals surface area contributed by atoms with Crippen LogP contribution in [-0.2, 0) is 27.5 Å². The topological polar surface area (TPSA) is 46.6 Å². The zero-order valence-corrected chi connectivity index (χ0v) is 15.3. The van der Waals surface area contributed by atoms with Crippen LogP contribution in [0.15, 0.2) is 60.7 Å². The first-order valence-corrected chi connectivity index (χ1v) is 9.04. The molecule has 3 rings (SSSR count). The summed E-state index contributed by atoms with van der Waals surface area (Å²) in [5, 5.41) is 0. The van der Waals surface area contributed by atoms with Crippen LogP contribution >= 0.6 is 0 Å². The van der Waals surface area contributed by atoms with E-state index in [2.05, 4.69) is 6.92 Å². The molecule has 4 nitrogen and oxygen atoms in total. The second-order valence-corrected chi connectivity index (χ2v) is 7.01. The number of nitrogens with zero attached hydrogens (tertiary/aromatic N) is 1. The SMILES string of the molecule is CC(=O)[C@H]1C(=O)N(Cc2ccccc2)[C@@H]1C(C)COCc1ccccc1. The molecule has 3 atom stereocenters. The molecule has 0 bridgehead atoms. The summed E-state index contributed by atoms with van der Waals surface area (Å²) in [6, 6.07) is 19.8. The Morgan fingerprint density at radius 1 is 1.04 bits per heavy atom. The predicted molar refractivity (Wildman–Crippen MR) is 100 cm³/mol. The molecule has 1 aliphatic heterocycles. The number of Topliss-reactive ketones (excluding diaryl/α,β-unsaturated/α-hetero) is 1. The zero-order chi connectivity index (χ0) is 18.5. The Labute approximate surface area is 154 Å². The van der Waals surface area contributed by atoms with Crippen molar-refractivity contribution in [3.63, 3.8) is 0 Å². The van der Waals surface area contributed by atoms with Crippen molar-refractivity contribution >= 4 is 11.7 Å². The molecule has 1 amide bonds. The number of ketones is 1. The summed E-state index contributed by atoms with van der Waals surface area (Å²) in [6.07, 6.45) is 0. The van der Waals surface area contributed by atoms with Gasteiger partial charge in [-0.1, -0.05) is 67.6 Å². The van der Waals surface area contributed by atoms with Gasteiger partial charge in [0.25, 0.3) is 0 Å². The molecular weight excluding hydrogens is 326 g/mol. The van der Waals surface area contributed by atoms with E-state index >= 15 is 0 Å². The number of ether oxygens (including phenoxy) is 1. The fourth-order valence-electron chi connectivity index (χ4n) is 3.62. The normalized spacial score (nSPS) is 20.5. The number of carbonyl (C=O) groups excluding carboxylic acids is 2. The summed E-state index contributed by atoms with van der Waals surface area (Å²) in [4.78, 5) is 26.3. The number of amides is 1. The highest BCUT2D eigenvalue weighted by atomic mass is 16.5. The van der Waals surface area contributed by atoms with Crippen LogP contribution < -0.4 is 0 Å². The first kappa shape index (κ1) is 18.3. The van der Waals surface area contributed by atoms with Crippen LogP contribution in [0, 0.1) is 11.8 Å². The van der Waals surface area contributed by atoms with E-state index in [1.54, 1.807) is 0 Å². The van der Waals surface area contributed by atoms with Gasteiger partial charge in [0.2, 0.25) is 5.91 Å². The van der Waals surface area contributed by atoms with Gasteiger partial charge in [-0.25, -0.2) is 0 Å². The lowest BCUT2D eigenvalue weighted by molar-refractivity contribution is -0.166. The minimum absolute atomic E-state index is 0.0563. The molecule has 0 saturated carbocycles. The number of rotatable bonds is 8. The van der Waals surface area contributed by atoms with Crippen molar-refractivity contribution in [1.29, 1.82) is 0 Å². The highest BCUT2D eigenvalue weighted by Crippen LogP contribution is 2.34. The van der Waals surface area contributed by atoms with Gasteiger partial charge >= 0.3 is 0 Å². The van der Waals surface area contributed by atoms with Crippen molar-refractivity contribution in [3.05, 3.63) is 71.8 Å². The number of benzene rings is 2. The molecule has 0 aromatic heterocycles. The Kier molecular flexibility index (Phi) is 5.84. The minimum atomic E-state index is -0.533. The molecule has 4 heteroatoms. The third-order valence-corrected chi connectivity index (χ3v) is 4.96. The lowest BCUT2D eigenvalue weighted by Crippen LogP contribution is -2.65. The van der Waals surface area contributed by atoms with Gasteiger partial charge in [0.05, 0.1) is 19.3 Å². The van der Waals surface area contributed by atoms with E-state index in [0.29, 0.717) is 19.8 Å². The van der Waals surface area contributed by atoms with Gasteiger partial charge in [0.15, 0.2) is 0 Å². The van der Waals surface area contributed by atoms with Crippen LogP contribution in [-0.4, -0.2) is 29.2 Å². The molecule has 2 aromatic rings. The average molecular weight is 351 g/mol. The van der Waals surface area contributed by atoms with Crippen molar-refractivity contribution in [1.82, 2.24) is 4.90 Å². The number of carbonyl (C=O) groups is 2. The Morgan fingerprint density at radius 2 is 1.62 bits per heavy atom. The van der Waals surface area contributed by atoms with Crippen LogP contribution in [0.25, 0.3) is 0 Å². The number of likely N-dealkylation sites (tertiary alicyclic amines) is 1. The van der Waals surface area contributed by atoms with Crippen molar-refractivity contribution in [3.8, 4) is 0 Å². The van der Waals surface area contributed by atoms with Crippen molar-refractivity contribution in [2.24, 2.45) is 11.8 Å². The predicted octanol–water partition coefficient (Wildman–Crippen LogP) is 3.46. The summed E-state index contributed by atoms with van der Waals surface area (Å²) in [5.41, 5.74) is 2.19. The number of β-lactam (4-membered cyclic amide) rings is 1. The molecule has 1 fully saturated rings. The van der Waals surface area contributed by atoms with Crippen LogP contribution in [0.3, 0.4) is 0 Å². The van der Waals surface area contributed by atoms with E-state index < -0.39 is 5.92 Å². The van der Waals surface area contributed by atoms with Gasteiger partial charge < -0.3 is 9.64 Å². The van der Waals surface area contributed by atoms with E-state index in [1.165, 1.54) is 6.92 Å². The van der Waals surface area contributed by atoms with Crippen molar-refractivity contribution in [2.75, 3.05) is 6.61 Å². The Bertz CT molecular complexity index is 744. The fourth-order valence-corrected chi connectivity index (χ4v) is 3.62. The molecular formula is C22H25NO3. The van der Waals surface area contributed by atoms with E-state index in [-0.39, 0.29) is 23.7 Å². The van der Waals surface area contributed by atoms with E-state index in [9.17, 15) is 9.59 Å². The van der Waals surface area contributed by atoms with Crippen LogP contribution in [0.2, 0.25) is 0 Å². The van der Waals surface area contributed by atoms with E-state index in [0.717, 1.165) is 11.1 Å². The lowest BCUT2D eigenvalue weighted by atomic mass is 9.77. The van der Waals surface area contributed by atoms with Gasteiger partial charge in [-0.2, -0.15) is 0 Å². The summed E-state index contributed by atoms with van der Waals surface area (Å²) in [5.74, 6) is -0.566. The highest BCUT2D eigenvalue weighted by Gasteiger charge is 2.51. The second-order valence-electron chi connectivity index (χ2n) is 7.01. The van der Waals surface area contributed by atoms with E-state index in [1.807, 2.05) is 65.6 Å². The Hall–Kier alpha value is -2.46. The molecule has 1 unspecified atom stereocenters. The molecule has 0 radical (unpaired) electrons. The third-order valence-electron chi connectivity index (χ3n) is 4.96. The smallest absolute Gasteiger partial charge is 0.235 e. The van der Waals surface area contributed by atoms with Crippen molar-refractivity contribution in [2.45, 2.75) is 33.0 Å². The molecule has 136 valence electrons. The van der Waals surface area contributed by atoms with Crippen molar-refractivity contribution < 1.29 is 14.3 Å². The first-order valence-electron chi connectivity index (χ1n) is 9.04. The fraction of sp³-hybridized carbons (Fsp3) is 0.364. The molecule has 1 heterocycles. The summed E-state index contributed by atoms with van der Waals surface area (Å²) >= 11 is 0. The Balaban J connectivity index is 1.62. The molecule has 1 saturated heterocycles. The maximum atomic E-state index is 12.5. The zero-order valence-electron chi connectivity index (χ0n) is 15.3. The maximum Gasteiger partial charge on any atom is 0.235 e. The van der Waals surface area contributed by atoms with Crippen LogP contribution in [0.4, 0.5) is 0 Å². The summed E-state index contributed by atoms with van der Waals surface area (Å²) in [6.45, 7) is 5.15. The average Bonchev–Trinajstić information content (AvgIpc) is 2.65. The first-order chi connectivity index (χ1) is 12.6. The van der Waals surface area contributed by atoms with Gasteiger partial charge in [0, 0.05) is 12.5 Å². The second kappa shape index (κ2) is 8.28. The summed E-state index contributed by atoms with van der Waals surface area (Å²) < 4.78 is 5.85. The molecule has 0 N–H and O–H groups in total. The van der Waals surface area contributed by atoms with E-state index in [4.69, 9.17) is 4.74 Å². The largest absolute Gasteiger partial charge is 0.376 e. The van der Waals surface area contributed by atoms with Gasteiger partial charge in [-0.15, -0.1) is 0 Å².